The number of alkyl halides is 3. The quantitative estimate of drug-likeness (QED) is 0.846. The number of benzene rings is 2. The molecule has 1 heterocycles. The van der Waals surface area contributed by atoms with E-state index >= 15 is 0 Å². The number of hydrogen-bond acceptors (Lipinski definition) is 2. The Labute approximate surface area is 137 Å². The van der Waals surface area contributed by atoms with Gasteiger partial charge in [0, 0.05) is 6.54 Å². The highest BCUT2D eigenvalue weighted by Crippen LogP contribution is 2.39. The maximum atomic E-state index is 12.7. The number of β-lactam (4-membered cyclic amide) rings is 1. The van der Waals surface area contributed by atoms with Crippen LogP contribution in [0.4, 0.5) is 13.2 Å². The zero-order chi connectivity index (χ0) is 17.5. The molecular weight excluding hydrogens is 319 g/mol. The van der Waals surface area contributed by atoms with Crippen molar-refractivity contribution in [1.82, 2.24) is 5.32 Å². The summed E-state index contributed by atoms with van der Waals surface area (Å²) < 4.78 is 38.1. The lowest BCUT2D eigenvalue weighted by Gasteiger charge is -2.39. The van der Waals surface area contributed by atoms with Crippen LogP contribution in [0.5, 0.6) is 0 Å². The first kappa shape index (κ1) is 16.5. The molecule has 1 aliphatic rings. The topological polar surface area (TPSA) is 49.3 Å². The second kappa shape index (κ2) is 5.63. The van der Waals surface area contributed by atoms with Gasteiger partial charge in [-0.2, -0.15) is 13.2 Å². The fraction of sp³-hybridized carbons (Fsp3) is 0.278. The summed E-state index contributed by atoms with van der Waals surface area (Å²) in [5.74, 6) is -0.810. The van der Waals surface area contributed by atoms with Gasteiger partial charge < -0.3 is 10.4 Å². The van der Waals surface area contributed by atoms with Crippen LogP contribution in [-0.4, -0.2) is 17.6 Å². The summed E-state index contributed by atoms with van der Waals surface area (Å²) in [4.78, 5) is 11.7. The van der Waals surface area contributed by atoms with Crippen molar-refractivity contribution in [2.24, 2.45) is 5.92 Å². The Balaban J connectivity index is 2.02. The van der Waals surface area contributed by atoms with E-state index < -0.39 is 23.3 Å². The van der Waals surface area contributed by atoms with E-state index in [1.807, 2.05) is 0 Å². The zero-order valence-corrected chi connectivity index (χ0v) is 12.9. The summed E-state index contributed by atoms with van der Waals surface area (Å²) in [5, 5.41) is 13.5. The van der Waals surface area contributed by atoms with Crippen molar-refractivity contribution in [1.29, 1.82) is 0 Å². The smallest absolute Gasteiger partial charge is 0.385 e. The van der Waals surface area contributed by atoms with Crippen molar-refractivity contribution in [3.8, 4) is 11.1 Å². The summed E-state index contributed by atoms with van der Waals surface area (Å²) in [6.07, 6.45) is -4.40. The fourth-order valence-corrected chi connectivity index (χ4v) is 2.94. The van der Waals surface area contributed by atoms with Crippen molar-refractivity contribution in [2.75, 3.05) is 6.54 Å². The Kier molecular flexibility index (Phi) is 3.87. The van der Waals surface area contributed by atoms with Crippen LogP contribution in [-0.2, 0) is 16.6 Å². The SMILES string of the molecule is CC(O)(c1ccccc1-c1ccc(C(F)(F)F)cc1)C1CNC1=O. The normalized spacial score (nSPS) is 20.0. The first-order valence-electron chi connectivity index (χ1n) is 7.48. The van der Waals surface area contributed by atoms with Gasteiger partial charge in [0.1, 0.15) is 5.60 Å². The number of rotatable bonds is 3. The predicted molar refractivity (Wildman–Crippen MR) is 83.0 cm³/mol. The highest BCUT2D eigenvalue weighted by molar-refractivity contribution is 5.86. The molecule has 3 rings (SSSR count). The van der Waals surface area contributed by atoms with Crippen LogP contribution in [0.1, 0.15) is 18.1 Å². The monoisotopic (exact) mass is 335 g/mol. The number of halogens is 3. The van der Waals surface area contributed by atoms with Crippen LogP contribution in [0.2, 0.25) is 0 Å². The first-order valence-corrected chi connectivity index (χ1v) is 7.48. The van der Waals surface area contributed by atoms with Gasteiger partial charge in [0.15, 0.2) is 0 Å². The molecule has 6 heteroatoms. The van der Waals surface area contributed by atoms with Crippen LogP contribution in [0.25, 0.3) is 11.1 Å². The maximum absolute atomic E-state index is 12.7. The van der Waals surface area contributed by atoms with E-state index in [0.717, 1.165) is 12.1 Å². The van der Waals surface area contributed by atoms with Crippen LogP contribution in [0.3, 0.4) is 0 Å². The van der Waals surface area contributed by atoms with Crippen LogP contribution >= 0.6 is 0 Å². The average Bonchev–Trinajstić information content (AvgIpc) is 2.52. The van der Waals surface area contributed by atoms with Gasteiger partial charge in [-0.1, -0.05) is 36.4 Å². The van der Waals surface area contributed by atoms with E-state index in [2.05, 4.69) is 5.32 Å². The van der Waals surface area contributed by atoms with Gasteiger partial charge in [-0.15, -0.1) is 0 Å². The lowest BCUT2D eigenvalue weighted by Crippen LogP contribution is -2.57. The van der Waals surface area contributed by atoms with E-state index in [1.165, 1.54) is 12.1 Å². The minimum atomic E-state index is -4.40. The van der Waals surface area contributed by atoms with E-state index in [-0.39, 0.29) is 5.91 Å². The standard InChI is InChI=1S/C18H16F3NO2/c1-17(24,15-10-22-16(15)23)14-5-3-2-4-13(14)11-6-8-12(9-7-11)18(19,20)21/h2-9,15,24H,10H2,1H3,(H,22,23). The molecule has 2 aromatic rings. The summed E-state index contributed by atoms with van der Waals surface area (Å²) in [6, 6.07) is 11.7. The number of hydrogen-bond donors (Lipinski definition) is 2. The molecule has 1 fully saturated rings. The van der Waals surface area contributed by atoms with Gasteiger partial charge in [-0.3, -0.25) is 4.79 Å². The van der Waals surface area contributed by atoms with Gasteiger partial charge in [0.2, 0.25) is 5.91 Å². The Morgan fingerprint density at radius 1 is 1.08 bits per heavy atom. The zero-order valence-electron chi connectivity index (χ0n) is 12.9. The molecule has 0 aromatic heterocycles. The molecule has 3 nitrogen and oxygen atoms in total. The summed E-state index contributed by atoms with van der Waals surface area (Å²) >= 11 is 0. The summed E-state index contributed by atoms with van der Waals surface area (Å²) in [6.45, 7) is 1.92. The van der Waals surface area contributed by atoms with E-state index in [0.29, 0.717) is 23.2 Å². The molecule has 0 spiro atoms. The van der Waals surface area contributed by atoms with Crippen LogP contribution in [0, 0.1) is 5.92 Å². The Morgan fingerprint density at radius 3 is 2.21 bits per heavy atom. The molecule has 1 saturated heterocycles. The van der Waals surface area contributed by atoms with E-state index in [1.54, 1.807) is 31.2 Å². The molecule has 2 N–H and O–H groups in total. The molecule has 2 atom stereocenters. The molecule has 0 radical (unpaired) electrons. The Morgan fingerprint density at radius 2 is 1.71 bits per heavy atom. The predicted octanol–water partition coefficient (Wildman–Crippen LogP) is 3.33. The average molecular weight is 335 g/mol. The highest BCUT2D eigenvalue weighted by Gasteiger charge is 2.45. The maximum Gasteiger partial charge on any atom is 0.416 e. The van der Waals surface area contributed by atoms with Gasteiger partial charge in [0.25, 0.3) is 0 Å². The van der Waals surface area contributed by atoms with Crippen molar-refractivity contribution in [3.05, 3.63) is 59.7 Å². The minimum Gasteiger partial charge on any atom is -0.385 e. The molecule has 24 heavy (non-hydrogen) atoms. The first-order chi connectivity index (χ1) is 11.2. The van der Waals surface area contributed by atoms with Gasteiger partial charge >= 0.3 is 6.18 Å². The largest absolute Gasteiger partial charge is 0.416 e. The lowest BCUT2D eigenvalue weighted by atomic mass is 9.76. The highest BCUT2D eigenvalue weighted by atomic mass is 19.4. The number of carbonyl (C=O) groups is 1. The Hall–Kier alpha value is -2.34. The number of nitrogens with one attached hydrogen (secondary N) is 1. The second-order valence-electron chi connectivity index (χ2n) is 6.07. The third-order valence-electron chi connectivity index (χ3n) is 4.47. The van der Waals surface area contributed by atoms with Crippen LogP contribution < -0.4 is 5.32 Å². The fourth-order valence-electron chi connectivity index (χ4n) is 2.94. The van der Waals surface area contributed by atoms with Crippen molar-refractivity contribution in [2.45, 2.75) is 18.7 Å². The van der Waals surface area contributed by atoms with E-state index in [4.69, 9.17) is 0 Å². The summed E-state index contributed by atoms with van der Waals surface area (Å²) in [5.41, 5.74) is -0.449. The van der Waals surface area contributed by atoms with Gasteiger partial charge in [-0.05, 0) is 35.7 Å². The third kappa shape index (κ3) is 2.78. The molecule has 1 aliphatic heterocycles. The molecule has 0 aliphatic carbocycles. The number of amides is 1. The molecule has 1 amide bonds. The molecular formula is C18H16F3NO2. The third-order valence-corrected chi connectivity index (χ3v) is 4.47. The second-order valence-corrected chi connectivity index (χ2v) is 6.07. The molecule has 2 unspecified atom stereocenters. The molecule has 0 saturated carbocycles. The van der Waals surface area contributed by atoms with Crippen molar-refractivity contribution < 1.29 is 23.1 Å². The molecule has 126 valence electrons. The number of aliphatic hydroxyl groups is 1. The van der Waals surface area contributed by atoms with E-state index in [9.17, 15) is 23.1 Å². The summed E-state index contributed by atoms with van der Waals surface area (Å²) in [7, 11) is 0. The Bertz CT molecular complexity index is 767. The van der Waals surface area contributed by atoms with Crippen LogP contribution in [0.15, 0.2) is 48.5 Å². The minimum absolute atomic E-state index is 0.234. The lowest BCUT2D eigenvalue weighted by molar-refractivity contribution is -0.144. The van der Waals surface area contributed by atoms with Crippen molar-refractivity contribution in [3.63, 3.8) is 0 Å². The van der Waals surface area contributed by atoms with Crippen molar-refractivity contribution >= 4 is 5.91 Å². The van der Waals surface area contributed by atoms with Gasteiger partial charge in [0.05, 0.1) is 11.5 Å². The number of carbonyl (C=O) groups excluding carboxylic acids is 1. The van der Waals surface area contributed by atoms with Gasteiger partial charge in [-0.25, -0.2) is 0 Å². The molecule has 2 aromatic carbocycles. The molecule has 0 bridgehead atoms.